The summed E-state index contributed by atoms with van der Waals surface area (Å²) in [7, 11) is 1.69. The van der Waals surface area contributed by atoms with Crippen molar-refractivity contribution in [3.63, 3.8) is 0 Å². The molecule has 0 radical (unpaired) electrons. The maximum absolute atomic E-state index is 10.0. The van der Waals surface area contributed by atoms with Gasteiger partial charge in [0, 0.05) is 25.3 Å². The first-order valence-corrected chi connectivity index (χ1v) is 6.38. The Balaban J connectivity index is 2.63. The Morgan fingerprint density at radius 2 is 2.11 bits per heavy atom. The van der Waals surface area contributed by atoms with Gasteiger partial charge in [0.05, 0.1) is 13.2 Å². The Morgan fingerprint density at radius 1 is 1.33 bits per heavy atom. The minimum absolute atomic E-state index is 0.221. The summed E-state index contributed by atoms with van der Waals surface area (Å²) in [5, 5.41) is 13.4. The number of aromatic hydroxyl groups is 1. The van der Waals surface area contributed by atoms with Crippen LogP contribution < -0.4 is 10.1 Å². The highest BCUT2D eigenvalue weighted by molar-refractivity contribution is 5.45. The van der Waals surface area contributed by atoms with Gasteiger partial charge in [-0.2, -0.15) is 0 Å². The first-order valence-electron chi connectivity index (χ1n) is 6.38. The molecule has 0 fully saturated rings. The molecule has 0 aliphatic rings. The number of phenols is 1. The molecule has 0 saturated heterocycles. The van der Waals surface area contributed by atoms with Crippen molar-refractivity contribution in [1.29, 1.82) is 0 Å². The Labute approximate surface area is 109 Å². The number of hydrogen-bond donors (Lipinski definition) is 2. The Bertz CT molecular complexity index is 355. The third kappa shape index (κ3) is 4.20. The minimum atomic E-state index is 0.221. The largest absolute Gasteiger partial charge is 0.504 e. The summed E-state index contributed by atoms with van der Waals surface area (Å²) in [5.41, 5.74) is 0.843. The van der Waals surface area contributed by atoms with E-state index in [0.717, 1.165) is 12.0 Å². The van der Waals surface area contributed by atoms with Crippen molar-refractivity contribution in [3.05, 3.63) is 23.8 Å². The summed E-state index contributed by atoms with van der Waals surface area (Å²) in [5.74, 6) is 0.760. The molecule has 1 rings (SSSR count). The van der Waals surface area contributed by atoms with Gasteiger partial charge in [0.25, 0.3) is 0 Å². The zero-order valence-electron chi connectivity index (χ0n) is 11.4. The minimum Gasteiger partial charge on any atom is -0.504 e. The summed E-state index contributed by atoms with van der Waals surface area (Å²) in [4.78, 5) is 0. The molecule has 4 nitrogen and oxygen atoms in total. The number of phenolic OH excluding ortho intramolecular Hbond substituents is 1. The summed E-state index contributed by atoms with van der Waals surface area (Å²) in [6.45, 7) is 5.83. The second-order valence-corrected chi connectivity index (χ2v) is 4.14. The number of benzene rings is 1. The van der Waals surface area contributed by atoms with Gasteiger partial charge in [-0.15, -0.1) is 0 Å². The van der Waals surface area contributed by atoms with Gasteiger partial charge in [0.15, 0.2) is 11.5 Å². The van der Waals surface area contributed by atoms with Crippen LogP contribution in [0.25, 0.3) is 0 Å². The van der Waals surface area contributed by atoms with Crippen LogP contribution in [0.15, 0.2) is 18.2 Å². The second kappa shape index (κ2) is 7.95. The molecule has 0 bridgehead atoms. The van der Waals surface area contributed by atoms with E-state index in [1.807, 2.05) is 19.1 Å². The smallest absolute Gasteiger partial charge is 0.162 e. The number of nitrogens with one attached hydrogen (secondary N) is 1. The molecule has 0 aliphatic carbocycles. The Kier molecular flexibility index (Phi) is 6.54. The molecule has 4 heteroatoms. The first kappa shape index (κ1) is 14.8. The maximum Gasteiger partial charge on any atom is 0.162 e. The van der Waals surface area contributed by atoms with E-state index in [9.17, 15) is 5.11 Å². The van der Waals surface area contributed by atoms with E-state index in [2.05, 4.69) is 12.2 Å². The van der Waals surface area contributed by atoms with Crippen molar-refractivity contribution in [2.45, 2.75) is 32.9 Å². The predicted octanol–water partition coefficient (Wildman–Crippen LogP) is 2.31. The molecular weight excluding hydrogens is 230 g/mol. The average molecular weight is 253 g/mol. The van der Waals surface area contributed by atoms with Gasteiger partial charge in [-0.1, -0.05) is 19.1 Å². The van der Waals surface area contributed by atoms with Crippen LogP contribution in [0.5, 0.6) is 11.5 Å². The van der Waals surface area contributed by atoms with Gasteiger partial charge in [0.1, 0.15) is 0 Å². The fourth-order valence-corrected chi connectivity index (χ4v) is 1.76. The van der Waals surface area contributed by atoms with Crippen molar-refractivity contribution in [2.24, 2.45) is 0 Å². The number of para-hydroxylation sites is 1. The lowest BCUT2D eigenvalue weighted by molar-refractivity contribution is 0.163. The van der Waals surface area contributed by atoms with Crippen LogP contribution in [0.4, 0.5) is 0 Å². The monoisotopic (exact) mass is 253 g/mol. The molecule has 102 valence electrons. The molecule has 0 aliphatic heterocycles. The zero-order valence-corrected chi connectivity index (χ0v) is 11.4. The third-order valence-electron chi connectivity index (χ3n) is 2.82. The highest BCUT2D eigenvalue weighted by Crippen LogP contribution is 2.29. The molecule has 0 spiro atoms. The van der Waals surface area contributed by atoms with Crippen molar-refractivity contribution in [1.82, 2.24) is 5.32 Å². The van der Waals surface area contributed by atoms with E-state index in [1.165, 1.54) is 0 Å². The molecule has 1 unspecified atom stereocenters. The van der Waals surface area contributed by atoms with Crippen LogP contribution >= 0.6 is 0 Å². The van der Waals surface area contributed by atoms with E-state index in [0.29, 0.717) is 31.5 Å². The lowest BCUT2D eigenvalue weighted by Crippen LogP contribution is -2.32. The first-order chi connectivity index (χ1) is 8.72. The quantitative estimate of drug-likeness (QED) is 0.746. The molecule has 1 atom stereocenters. The fourth-order valence-electron chi connectivity index (χ4n) is 1.76. The van der Waals surface area contributed by atoms with Gasteiger partial charge in [-0.05, 0) is 19.4 Å². The van der Waals surface area contributed by atoms with Gasteiger partial charge in [-0.3, -0.25) is 0 Å². The van der Waals surface area contributed by atoms with Crippen LogP contribution in [0, 0.1) is 0 Å². The normalized spacial score (nSPS) is 12.4. The van der Waals surface area contributed by atoms with E-state index in [-0.39, 0.29) is 5.75 Å². The number of hydrogen-bond acceptors (Lipinski definition) is 4. The summed E-state index contributed by atoms with van der Waals surface area (Å²) in [6.07, 6.45) is 0.986. The lowest BCUT2D eigenvalue weighted by Gasteiger charge is -2.17. The number of ether oxygens (including phenoxy) is 2. The van der Waals surface area contributed by atoms with E-state index in [1.54, 1.807) is 13.2 Å². The zero-order chi connectivity index (χ0) is 13.4. The fraction of sp³-hybridized carbons (Fsp3) is 0.571. The van der Waals surface area contributed by atoms with E-state index in [4.69, 9.17) is 9.47 Å². The van der Waals surface area contributed by atoms with Crippen molar-refractivity contribution in [3.8, 4) is 11.5 Å². The van der Waals surface area contributed by atoms with Crippen LogP contribution in [0.1, 0.15) is 25.8 Å². The molecule has 0 aromatic heterocycles. The Morgan fingerprint density at radius 3 is 2.72 bits per heavy atom. The Hall–Kier alpha value is -1.26. The number of rotatable bonds is 8. The van der Waals surface area contributed by atoms with Gasteiger partial charge < -0.3 is 19.9 Å². The summed E-state index contributed by atoms with van der Waals surface area (Å²) >= 11 is 0. The highest BCUT2D eigenvalue weighted by Gasteiger charge is 2.10. The molecule has 2 N–H and O–H groups in total. The van der Waals surface area contributed by atoms with Crippen LogP contribution in [0.3, 0.4) is 0 Å². The van der Waals surface area contributed by atoms with Gasteiger partial charge in [0.2, 0.25) is 0 Å². The molecule has 1 aromatic carbocycles. The van der Waals surface area contributed by atoms with Crippen molar-refractivity contribution >= 4 is 0 Å². The molecule has 18 heavy (non-hydrogen) atoms. The van der Waals surface area contributed by atoms with E-state index < -0.39 is 0 Å². The maximum atomic E-state index is 10.0. The lowest BCUT2D eigenvalue weighted by atomic mass is 10.1. The molecular formula is C14H23NO3. The second-order valence-electron chi connectivity index (χ2n) is 4.14. The SMILES string of the molecule is CCOc1cccc(CNC(CC)COC)c1O. The topological polar surface area (TPSA) is 50.7 Å². The number of methoxy groups -OCH3 is 1. The predicted molar refractivity (Wildman–Crippen MR) is 72.1 cm³/mol. The van der Waals surface area contributed by atoms with Crippen molar-refractivity contribution in [2.75, 3.05) is 20.3 Å². The van der Waals surface area contributed by atoms with Crippen LogP contribution in [0.2, 0.25) is 0 Å². The van der Waals surface area contributed by atoms with E-state index >= 15 is 0 Å². The van der Waals surface area contributed by atoms with Crippen LogP contribution in [-0.4, -0.2) is 31.5 Å². The molecule has 1 aromatic rings. The highest BCUT2D eigenvalue weighted by atomic mass is 16.5. The van der Waals surface area contributed by atoms with Crippen molar-refractivity contribution < 1.29 is 14.6 Å². The summed E-state index contributed by atoms with van der Waals surface area (Å²) < 4.78 is 10.5. The standard InChI is InChI=1S/C14H23NO3/c1-4-12(10-17-3)15-9-11-7-6-8-13(14(11)16)18-5-2/h6-8,12,15-16H,4-5,9-10H2,1-3H3. The third-order valence-corrected chi connectivity index (χ3v) is 2.82. The average Bonchev–Trinajstić information content (AvgIpc) is 2.38. The van der Waals surface area contributed by atoms with Gasteiger partial charge >= 0.3 is 0 Å². The summed E-state index contributed by atoms with van der Waals surface area (Å²) in [6, 6.07) is 5.85. The molecule has 0 amide bonds. The molecule has 0 saturated carbocycles. The van der Waals surface area contributed by atoms with Crippen LogP contribution in [-0.2, 0) is 11.3 Å². The van der Waals surface area contributed by atoms with Gasteiger partial charge in [-0.25, -0.2) is 0 Å². The molecule has 0 heterocycles.